The summed E-state index contributed by atoms with van der Waals surface area (Å²) in [6, 6.07) is 15.5. The van der Waals surface area contributed by atoms with Crippen molar-refractivity contribution in [3.63, 3.8) is 0 Å². The maximum absolute atomic E-state index is 11.9. The summed E-state index contributed by atoms with van der Waals surface area (Å²) in [5, 5.41) is 3.56. The largest absolute Gasteiger partial charge is 0.352 e. The van der Waals surface area contributed by atoms with Gasteiger partial charge in [-0.1, -0.05) is 48.0 Å². The molecule has 0 heterocycles. The third-order valence-electron chi connectivity index (χ3n) is 3.20. The predicted octanol–water partition coefficient (Wildman–Crippen LogP) is 2.70. The van der Waals surface area contributed by atoms with E-state index in [1.165, 1.54) is 5.56 Å². The average molecular weight is 303 g/mol. The molecule has 0 saturated carbocycles. The Morgan fingerprint density at radius 2 is 1.76 bits per heavy atom. The van der Waals surface area contributed by atoms with Gasteiger partial charge in [0.1, 0.15) is 0 Å². The Balaban J connectivity index is 1.83. The normalized spacial score (nSPS) is 10.4. The lowest BCUT2D eigenvalue weighted by atomic mass is 10.1. The lowest BCUT2D eigenvalue weighted by molar-refractivity contribution is -0.120. The van der Waals surface area contributed by atoms with Crippen molar-refractivity contribution in [1.82, 2.24) is 5.32 Å². The van der Waals surface area contributed by atoms with Crippen molar-refractivity contribution < 1.29 is 4.79 Å². The molecule has 21 heavy (non-hydrogen) atoms. The van der Waals surface area contributed by atoms with Crippen LogP contribution in [-0.2, 0) is 24.2 Å². The summed E-state index contributed by atoms with van der Waals surface area (Å²) in [4.78, 5) is 11.9. The highest BCUT2D eigenvalue weighted by Crippen LogP contribution is 2.11. The minimum absolute atomic E-state index is 0.0108. The SMILES string of the molecule is NCCc1ccc(CNC(=O)Cc2cccc(Cl)c2)cc1. The van der Waals surface area contributed by atoms with Crippen LogP contribution in [0, 0.1) is 0 Å². The molecular formula is C17H19ClN2O. The number of nitrogens with one attached hydrogen (secondary N) is 1. The summed E-state index contributed by atoms with van der Waals surface area (Å²) >= 11 is 5.90. The summed E-state index contributed by atoms with van der Waals surface area (Å²) in [6.07, 6.45) is 1.22. The first-order valence-corrected chi connectivity index (χ1v) is 7.34. The third-order valence-corrected chi connectivity index (χ3v) is 3.43. The van der Waals surface area contributed by atoms with Crippen LogP contribution in [0.1, 0.15) is 16.7 Å². The van der Waals surface area contributed by atoms with Crippen molar-refractivity contribution in [2.45, 2.75) is 19.4 Å². The Morgan fingerprint density at radius 1 is 1.05 bits per heavy atom. The lowest BCUT2D eigenvalue weighted by Crippen LogP contribution is -2.24. The molecule has 0 aliphatic rings. The molecular weight excluding hydrogens is 284 g/mol. The van der Waals surface area contributed by atoms with E-state index in [2.05, 4.69) is 5.32 Å². The predicted molar refractivity (Wildman–Crippen MR) is 86.2 cm³/mol. The van der Waals surface area contributed by atoms with Gasteiger partial charge in [0.05, 0.1) is 6.42 Å². The van der Waals surface area contributed by atoms with Crippen molar-refractivity contribution >= 4 is 17.5 Å². The van der Waals surface area contributed by atoms with Crippen LogP contribution >= 0.6 is 11.6 Å². The first kappa shape index (κ1) is 15.5. The minimum Gasteiger partial charge on any atom is -0.352 e. The molecule has 2 rings (SSSR count). The van der Waals surface area contributed by atoms with Crippen molar-refractivity contribution in [1.29, 1.82) is 0 Å². The van der Waals surface area contributed by atoms with E-state index < -0.39 is 0 Å². The average Bonchev–Trinajstić information content (AvgIpc) is 2.47. The van der Waals surface area contributed by atoms with E-state index in [1.807, 2.05) is 42.5 Å². The van der Waals surface area contributed by atoms with Crippen LogP contribution in [0.25, 0.3) is 0 Å². The topological polar surface area (TPSA) is 55.1 Å². The molecule has 0 atom stereocenters. The number of carbonyl (C=O) groups is 1. The van der Waals surface area contributed by atoms with Gasteiger partial charge in [0.15, 0.2) is 0 Å². The fourth-order valence-electron chi connectivity index (χ4n) is 2.09. The van der Waals surface area contributed by atoms with Gasteiger partial charge in [0.25, 0.3) is 0 Å². The van der Waals surface area contributed by atoms with Gasteiger partial charge in [-0.3, -0.25) is 4.79 Å². The molecule has 1 amide bonds. The molecule has 2 aromatic carbocycles. The number of carbonyl (C=O) groups excluding carboxylic acids is 1. The molecule has 4 heteroatoms. The molecule has 0 fully saturated rings. The Hall–Kier alpha value is -1.84. The number of rotatable bonds is 6. The smallest absolute Gasteiger partial charge is 0.224 e. The molecule has 0 aliphatic carbocycles. The lowest BCUT2D eigenvalue weighted by Gasteiger charge is -2.07. The van der Waals surface area contributed by atoms with E-state index in [9.17, 15) is 4.79 Å². The van der Waals surface area contributed by atoms with Crippen LogP contribution in [0.5, 0.6) is 0 Å². The highest BCUT2D eigenvalue weighted by Gasteiger charge is 2.04. The van der Waals surface area contributed by atoms with Gasteiger partial charge in [0, 0.05) is 11.6 Å². The van der Waals surface area contributed by atoms with Gasteiger partial charge in [-0.25, -0.2) is 0 Å². The van der Waals surface area contributed by atoms with Crippen molar-refractivity contribution in [3.8, 4) is 0 Å². The Morgan fingerprint density at radius 3 is 2.43 bits per heavy atom. The Labute approximate surface area is 130 Å². The number of hydrogen-bond acceptors (Lipinski definition) is 2. The molecule has 3 nitrogen and oxygen atoms in total. The van der Waals surface area contributed by atoms with E-state index in [4.69, 9.17) is 17.3 Å². The molecule has 0 spiro atoms. The van der Waals surface area contributed by atoms with Gasteiger partial charge < -0.3 is 11.1 Å². The third kappa shape index (κ3) is 5.21. The Bertz CT molecular complexity index is 596. The number of nitrogens with two attached hydrogens (primary N) is 1. The van der Waals surface area contributed by atoms with Crippen molar-refractivity contribution in [2.24, 2.45) is 5.73 Å². The van der Waals surface area contributed by atoms with Crippen LogP contribution in [0.2, 0.25) is 5.02 Å². The number of amides is 1. The summed E-state index contributed by atoms with van der Waals surface area (Å²) < 4.78 is 0. The molecule has 0 radical (unpaired) electrons. The van der Waals surface area contributed by atoms with Gasteiger partial charge >= 0.3 is 0 Å². The highest BCUT2D eigenvalue weighted by molar-refractivity contribution is 6.30. The van der Waals surface area contributed by atoms with E-state index in [0.717, 1.165) is 17.5 Å². The first-order valence-electron chi connectivity index (χ1n) is 6.96. The fourth-order valence-corrected chi connectivity index (χ4v) is 2.30. The maximum Gasteiger partial charge on any atom is 0.224 e. The van der Waals surface area contributed by atoms with E-state index >= 15 is 0 Å². The number of benzene rings is 2. The van der Waals surface area contributed by atoms with Gasteiger partial charge in [-0.2, -0.15) is 0 Å². The number of halogens is 1. The fraction of sp³-hybridized carbons (Fsp3) is 0.235. The van der Waals surface area contributed by atoms with Crippen LogP contribution in [0.4, 0.5) is 0 Å². The molecule has 0 aliphatic heterocycles. The minimum atomic E-state index is -0.0108. The molecule has 0 unspecified atom stereocenters. The number of hydrogen-bond donors (Lipinski definition) is 2. The standard InChI is InChI=1S/C17H19ClN2O/c18-16-3-1-2-15(10-16)11-17(21)20-12-14-6-4-13(5-7-14)8-9-19/h1-7,10H,8-9,11-12,19H2,(H,20,21). The van der Waals surface area contributed by atoms with Crippen molar-refractivity contribution in [3.05, 3.63) is 70.2 Å². The van der Waals surface area contributed by atoms with Gasteiger partial charge in [-0.15, -0.1) is 0 Å². The van der Waals surface area contributed by atoms with Crippen LogP contribution in [-0.4, -0.2) is 12.5 Å². The molecule has 0 aromatic heterocycles. The molecule has 3 N–H and O–H groups in total. The molecule has 110 valence electrons. The zero-order valence-corrected chi connectivity index (χ0v) is 12.6. The second kappa shape index (κ2) is 7.81. The zero-order chi connectivity index (χ0) is 15.1. The summed E-state index contributed by atoms with van der Waals surface area (Å²) in [7, 11) is 0. The van der Waals surface area contributed by atoms with E-state index in [-0.39, 0.29) is 5.91 Å². The van der Waals surface area contributed by atoms with Crippen molar-refractivity contribution in [2.75, 3.05) is 6.54 Å². The molecule has 0 saturated heterocycles. The Kier molecular flexibility index (Phi) is 5.78. The highest BCUT2D eigenvalue weighted by atomic mass is 35.5. The van der Waals surface area contributed by atoms with Crippen LogP contribution in [0.15, 0.2) is 48.5 Å². The quantitative estimate of drug-likeness (QED) is 0.862. The monoisotopic (exact) mass is 302 g/mol. The van der Waals surface area contributed by atoms with Gasteiger partial charge in [0.2, 0.25) is 5.91 Å². The van der Waals surface area contributed by atoms with E-state index in [0.29, 0.717) is 24.5 Å². The van der Waals surface area contributed by atoms with Crippen LogP contribution in [0.3, 0.4) is 0 Å². The second-order valence-electron chi connectivity index (χ2n) is 4.94. The molecule has 2 aromatic rings. The summed E-state index contributed by atoms with van der Waals surface area (Å²) in [5.41, 5.74) is 8.72. The van der Waals surface area contributed by atoms with E-state index in [1.54, 1.807) is 6.07 Å². The first-order chi connectivity index (χ1) is 10.2. The summed E-state index contributed by atoms with van der Waals surface area (Å²) in [5.74, 6) is -0.0108. The molecule has 0 bridgehead atoms. The zero-order valence-electron chi connectivity index (χ0n) is 11.8. The van der Waals surface area contributed by atoms with Gasteiger partial charge in [-0.05, 0) is 41.8 Å². The summed E-state index contributed by atoms with van der Waals surface area (Å²) in [6.45, 7) is 1.18. The maximum atomic E-state index is 11.9. The van der Waals surface area contributed by atoms with Crippen LogP contribution < -0.4 is 11.1 Å². The second-order valence-corrected chi connectivity index (χ2v) is 5.38.